The Morgan fingerprint density at radius 3 is 2.17 bits per heavy atom. The summed E-state index contributed by atoms with van der Waals surface area (Å²) in [6.07, 6.45) is 1.16. The summed E-state index contributed by atoms with van der Waals surface area (Å²) in [6, 6.07) is 10.7. The minimum atomic E-state index is -0.556. The largest absolute Gasteiger partial charge is 0.468 e. The van der Waals surface area contributed by atoms with Crippen LogP contribution in [0.5, 0.6) is 0 Å². The number of hydrogen-bond acceptors (Lipinski definition) is 5. The molecule has 0 spiro atoms. The fourth-order valence-electron chi connectivity index (χ4n) is 2.99. The molecule has 29 heavy (non-hydrogen) atoms. The van der Waals surface area contributed by atoms with Crippen molar-refractivity contribution in [1.82, 2.24) is 9.80 Å². The van der Waals surface area contributed by atoms with Gasteiger partial charge in [0.2, 0.25) is 0 Å². The lowest BCUT2D eigenvalue weighted by atomic mass is 10.2. The average Bonchev–Trinajstić information content (AvgIpc) is 3.15. The Morgan fingerprint density at radius 1 is 1.00 bits per heavy atom. The number of hydrogen-bond donors (Lipinski definition) is 2. The first-order valence-electron chi connectivity index (χ1n) is 9.69. The molecule has 1 aliphatic rings. The van der Waals surface area contributed by atoms with E-state index in [0.29, 0.717) is 24.5 Å². The zero-order chi connectivity index (χ0) is 20.9. The summed E-state index contributed by atoms with van der Waals surface area (Å²) in [5, 5.41) is 5.56. The van der Waals surface area contributed by atoms with E-state index in [2.05, 4.69) is 15.5 Å². The third kappa shape index (κ3) is 6.53. The Morgan fingerprint density at radius 2 is 1.62 bits per heavy atom. The second kappa shape index (κ2) is 9.00. The zero-order valence-electron chi connectivity index (χ0n) is 17.1. The van der Waals surface area contributed by atoms with Gasteiger partial charge in [-0.2, -0.15) is 0 Å². The number of carbonyl (C=O) groups is 2. The third-order valence-electron chi connectivity index (χ3n) is 4.40. The van der Waals surface area contributed by atoms with Crippen molar-refractivity contribution in [3.8, 4) is 0 Å². The molecule has 2 aromatic rings. The van der Waals surface area contributed by atoms with Crippen LogP contribution in [-0.2, 0) is 11.3 Å². The van der Waals surface area contributed by atoms with Gasteiger partial charge in [-0.25, -0.2) is 9.59 Å². The highest BCUT2D eigenvalue weighted by Crippen LogP contribution is 2.16. The Hall–Kier alpha value is -3.00. The topological polar surface area (TPSA) is 87.0 Å². The van der Waals surface area contributed by atoms with Crippen molar-refractivity contribution >= 4 is 23.5 Å². The minimum absolute atomic E-state index is 0.129. The number of ether oxygens (including phenoxy) is 1. The highest BCUT2D eigenvalue weighted by Gasteiger charge is 2.22. The van der Waals surface area contributed by atoms with Crippen molar-refractivity contribution in [3.63, 3.8) is 0 Å². The maximum absolute atomic E-state index is 12.5. The normalized spacial score (nSPS) is 15.1. The highest BCUT2D eigenvalue weighted by molar-refractivity contribution is 5.90. The lowest BCUT2D eigenvalue weighted by Crippen LogP contribution is -2.49. The molecule has 1 aliphatic heterocycles. The van der Waals surface area contributed by atoms with Gasteiger partial charge in [0.1, 0.15) is 11.4 Å². The van der Waals surface area contributed by atoms with E-state index in [-0.39, 0.29) is 6.03 Å². The minimum Gasteiger partial charge on any atom is -0.468 e. The molecule has 0 aliphatic carbocycles. The van der Waals surface area contributed by atoms with Crippen LogP contribution in [-0.4, -0.2) is 53.7 Å². The molecule has 1 saturated heterocycles. The van der Waals surface area contributed by atoms with E-state index in [4.69, 9.17) is 9.15 Å². The quantitative estimate of drug-likeness (QED) is 0.811. The maximum atomic E-state index is 12.5. The molecule has 1 aromatic carbocycles. The Labute approximate surface area is 170 Å². The van der Waals surface area contributed by atoms with Crippen molar-refractivity contribution in [2.75, 3.05) is 36.8 Å². The molecule has 156 valence electrons. The van der Waals surface area contributed by atoms with E-state index < -0.39 is 11.7 Å². The number of amides is 3. The van der Waals surface area contributed by atoms with Gasteiger partial charge in [0, 0.05) is 37.6 Å². The van der Waals surface area contributed by atoms with Crippen LogP contribution in [0.1, 0.15) is 26.5 Å². The van der Waals surface area contributed by atoms with Crippen LogP contribution in [0.15, 0.2) is 47.1 Å². The van der Waals surface area contributed by atoms with Gasteiger partial charge < -0.3 is 19.4 Å². The lowest BCUT2D eigenvalue weighted by Gasteiger charge is -2.34. The van der Waals surface area contributed by atoms with Crippen molar-refractivity contribution in [2.24, 2.45) is 0 Å². The first-order valence-corrected chi connectivity index (χ1v) is 9.69. The molecule has 1 aromatic heterocycles. The number of piperazine rings is 1. The Kier molecular flexibility index (Phi) is 6.43. The highest BCUT2D eigenvalue weighted by atomic mass is 16.6. The third-order valence-corrected chi connectivity index (χ3v) is 4.40. The smallest absolute Gasteiger partial charge is 0.412 e. The molecule has 8 nitrogen and oxygen atoms in total. The predicted octanol–water partition coefficient (Wildman–Crippen LogP) is 3.98. The number of anilines is 2. The van der Waals surface area contributed by atoms with Crippen molar-refractivity contribution in [3.05, 3.63) is 48.4 Å². The zero-order valence-corrected chi connectivity index (χ0v) is 17.1. The SMILES string of the molecule is CC(C)(C)OC(=O)Nc1ccc(NC(=O)N2CCN(Cc3ccco3)CC2)cc1. The van der Waals surface area contributed by atoms with Gasteiger partial charge in [0.15, 0.2) is 0 Å². The first kappa shape index (κ1) is 20.7. The molecule has 0 unspecified atom stereocenters. The molecule has 0 atom stereocenters. The summed E-state index contributed by atoms with van der Waals surface area (Å²) < 4.78 is 10.6. The van der Waals surface area contributed by atoms with Crippen molar-refractivity contribution in [1.29, 1.82) is 0 Å². The number of rotatable bonds is 4. The van der Waals surface area contributed by atoms with E-state index in [1.165, 1.54) is 0 Å². The molecule has 1 fully saturated rings. The van der Waals surface area contributed by atoms with Gasteiger partial charge in [-0.1, -0.05) is 0 Å². The number of benzene rings is 1. The fraction of sp³-hybridized carbons (Fsp3) is 0.429. The molecule has 2 N–H and O–H groups in total. The lowest BCUT2D eigenvalue weighted by molar-refractivity contribution is 0.0636. The van der Waals surface area contributed by atoms with E-state index in [0.717, 1.165) is 25.4 Å². The van der Waals surface area contributed by atoms with Crippen molar-refractivity contribution in [2.45, 2.75) is 32.9 Å². The van der Waals surface area contributed by atoms with Crippen LogP contribution < -0.4 is 10.6 Å². The maximum Gasteiger partial charge on any atom is 0.412 e. The number of nitrogens with zero attached hydrogens (tertiary/aromatic N) is 2. The van der Waals surface area contributed by atoms with Crippen LogP contribution >= 0.6 is 0 Å². The molecule has 3 amide bonds. The van der Waals surface area contributed by atoms with Crippen molar-refractivity contribution < 1.29 is 18.7 Å². The number of urea groups is 1. The molecular formula is C21H28N4O4. The summed E-state index contributed by atoms with van der Waals surface area (Å²) in [6.45, 7) is 9.09. The second-order valence-corrected chi connectivity index (χ2v) is 7.98. The van der Waals surface area contributed by atoms with E-state index >= 15 is 0 Å². The summed E-state index contributed by atoms with van der Waals surface area (Å²) in [7, 11) is 0. The molecule has 8 heteroatoms. The van der Waals surface area contributed by atoms with Gasteiger partial charge in [0.25, 0.3) is 0 Å². The van der Waals surface area contributed by atoms with Crippen LogP contribution in [0, 0.1) is 0 Å². The molecule has 0 bridgehead atoms. The van der Waals surface area contributed by atoms with Crippen LogP contribution in [0.25, 0.3) is 0 Å². The van der Waals surface area contributed by atoms with Gasteiger partial charge in [-0.3, -0.25) is 10.2 Å². The van der Waals surface area contributed by atoms with Gasteiger partial charge in [0.05, 0.1) is 12.8 Å². The summed E-state index contributed by atoms with van der Waals surface area (Å²) in [4.78, 5) is 28.4. The molecule has 0 radical (unpaired) electrons. The van der Waals surface area contributed by atoms with Gasteiger partial charge in [-0.15, -0.1) is 0 Å². The van der Waals surface area contributed by atoms with Crippen LogP contribution in [0.4, 0.5) is 21.0 Å². The van der Waals surface area contributed by atoms with E-state index in [1.54, 1.807) is 35.4 Å². The summed E-state index contributed by atoms with van der Waals surface area (Å²) >= 11 is 0. The van der Waals surface area contributed by atoms with Gasteiger partial charge in [-0.05, 0) is 57.2 Å². The Bertz CT molecular complexity index is 804. The molecular weight excluding hydrogens is 372 g/mol. The molecule has 3 rings (SSSR count). The average molecular weight is 400 g/mol. The predicted molar refractivity (Wildman–Crippen MR) is 111 cm³/mol. The summed E-state index contributed by atoms with van der Waals surface area (Å²) in [5.41, 5.74) is 0.714. The summed E-state index contributed by atoms with van der Waals surface area (Å²) in [5.74, 6) is 0.933. The van der Waals surface area contributed by atoms with Crippen LogP contribution in [0.3, 0.4) is 0 Å². The van der Waals surface area contributed by atoms with E-state index in [9.17, 15) is 9.59 Å². The number of nitrogens with one attached hydrogen (secondary N) is 2. The van der Waals surface area contributed by atoms with Crippen LogP contribution in [0.2, 0.25) is 0 Å². The van der Waals surface area contributed by atoms with E-state index in [1.807, 2.05) is 32.9 Å². The molecule has 2 heterocycles. The second-order valence-electron chi connectivity index (χ2n) is 7.98. The standard InChI is InChI=1S/C21H28N4O4/c1-21(2,3)29-20(27)23-17-8-6-16(7-9-17)22-19(26)25-12-10-24(11-13-25)15-18-5-4-14-28-18/h4-9,14H,10-13,15H2,1-3H3,(H,22,26)(H,23,27). The fourth-order valence-corrected chi connectivity index (χ4v) is 2.99. The molecule has 0 saturated carbocycles. The van der Waals surface area contributed by atoms with Gasteiger partial charge >= 0.3 is 12.1 Å². The number of carbonyl (C=O) groups excluding carboxylic acids is 2. The monoisotopic (exact) mass is 400 g/mol. The Balaban J connectivity index is 1.44. The first-order chi connectivity index (χ1) is 13.8. The number of furan rings is 1.